The maximum Gasteiger partial charge on any atom is 0.298 e. The van der Waals surface area contributed by atoms with Crippen molar-refractivity contribution in [1.82, 2.24) is 0 Å². The number of hydrogen-bond donors (Lipinski definition) is 3. The van der Waals surface area contributed by atoms with E-state index >= 15 is 0 Å². The average molecular weight is 266 g/mol. The molecular weight excluding hydrogens is 256 g/mol. The van der Waals surface area contributed by atoms with Gasteiger partial charge in [-0.2, -0.15) is 8.42 Å². The Labute approximate surface area is 104 Å². The SMILES string of the molecule is O=S(=O)(O)c1cccc(-c2ccccc2O)c1O. The predicted molar refractivity (Wildman–Crippen MR) is 65.0 cm³/mol. The van der Waals surface area contributed by atoms with Gasteiger partial charge in [-0.15, -0.1) is 0 Å². The number of benzene rings is 2. The Bertz CT molecular complexity index is 691. The van der Waals surface area contributed by atoms with E-state index in [1.807, 2.05) is 0 Å². The molecule has 0 aromatic heterocycles. The molecule has 18 heavy (non-hydrogen) atoms. The zero-order valence-corrected chi connectivity index (χ0v) is 9.92. The van der Waals surface area contributed by atoms with Crippen molar-refractivity contribution in [2.75, 3.05) is 0 Å². The molecule has 2 aromatic carbocycles. The van der Waals surface area contributed by atoms with Crippen LogP contribution in [0.2, 0.25) is 0 Å². The largest absolute Gasteiger partial charge is 0.507 e. The Morgan fingerprint density at radius 2 is 1.44 bits per heavy atom. The Morgan fingerprint density at radius 3 is 2.06 bits per heavy atom. The van der Waals surface area contributed by atoms with E-state index in [0.717, 1.165) is 6.07 Å². The summed E-state index contributed by atoms with van der Waals surface area (Å²) in [6, 6.07) is 10.1. The number of para-hydroxylation sites is 2. The summed E-state index contributed by atoms with van der Waals surface area (Å²) in [5, 5.41) is 19.5. The topological polar surface area (TPSA) is 94.8 Å². The zero-order chi connectivity index (χ0) is 13.3. The van der Waals surface area contributed by atoms with Gasteiger partial charge in [0.2, 0.25) is 0 Å². The van der Waals surface area contributed by atoms with Gasteiger partial charge in [-0.3, -0.25) is 4.55 Å². The lowest BCUT2D eigenvalue weighted by Crippen LogP contribution is -1.99. The first-order valence-corrected chi connectivity index (χ1v) is 6.43. The monoisotopic (exact) mass is 266 g/mol. The van der Waals surface area contributed by atoms with Crippen LogP contribution in [0.4, 0.5) is 0 Å². The molecule has 0 spiro atoms. The molecule has 0 fully saturated rings. The lowest BCUT2D eigenvalue weighted by atomic mass is 10.0. The van der Waals surface area contributed by atoms with E-state index in [2.05, 4.69) is 0 Å². The summed E-state index contributed by atoms with van der Waals surface area (Å²) in [6.45, 7) is 0. The fraction of sp³-hybridized carbons (Fsp3) is 0. The van der Waals surface area contributed by atoms with Crippen LogP contribution in [-0.4, -0.2) is 23.2 Å². The van der Waals surface area contributed by atoms with Crippen LogP contribution in [-0.2, 0) is 10.1 Å². The zero-order valence-electron chi connectivity index (χ0n) is 9.11. The van der Waals surface area contributed by atoms with Crippen molar-refractivity contribution in [3.8, 4) is 22.6 Å². The molecule has 0 aliphatic heterocycles. The average Bonchev–Trinajstić information content (AvgIpc) is 2.29. The third kappa shape index (κ3) is 2.15. The molecule has 2 aromatic rings. The standard InChI is InChI=1S/C12H10O5S/c13-10-6-2-1-4-8(10)9-5-3-7-11(12(9)14)18(15,16)17/h1-7,13-14H,(H,15,16,17). The van der Waals surface area contributed by atoms with Crippen LogP contribution < -0.4 is 0 Å². The molecule has 0 bridgehead atoms. The highest BCUT2D eigenvalue weighted by atomic mass is 32.2. The summed E-state index contributed by atoms with van der Waals surface area (Å²) >= 11 is 0. The highest BCUT2D eigenvalue weighted by molar-refractivity contribution is 7.86. The second-order valence-electron chi connectivity index (χ2n) is 3.64. The summed E-state index contributed by atoms with van der Waals surface area (Å²) in [6.07, 6.45) is 0. The summed E-state index contributed by atoms with van der Waals surface area (Å²) in [5.74, 6) is -0.693. The van der Waals surface area contributed by atoms with Crippen molar-refractivity contribution in [2.45, 2.75) is 4.90 Å². The minimum absolute atomic E-state index is 0.0970. The van der Waals surface area contributed by atoms with Gasteiger partial charge in [0.05, 0.1) is 0 Å². The van der Waals surface area contributed by atoms with Crippen LogP contribution in [0.5, 0.6) is 11.5 Å². The molecule has 2 rings (SSSR count). The van der Waals surface area contributed by atoms with E-state index in [0.29, 0.717) is 0 Å². The second kappa shape index (κ2) is 4.32. The maximum absolute atomic E-state index is 11.1. The molecule has 0 heterocycles. The summed E-state index contributed by atoms with van der Waals surface area (Å²) in [5.41, 5.74) is 0.406. The van der Waals surface area contributed by atoms with Crippen molar-refractivity contribution >= 4 is 10.1 Å². The molecule has 0 radical (unpaired) electrons. The van der Waals surface area contributed by atoms with Gasteiger partial charge in [0.25, 0.3) is 10.1 Å². The molecular formula is C12H10O5S. The molecule has 0 saturated carbocycles. The second-order valence-corrected chi connectivity index (χ2v) is 5.03. The Kier molecular flexibility index (Phi) is 2.98. The van der Waals surface area contributed by atoms with E-state index in [1.165, 1.54) is 24.3 Å². The Balaban J connectivity index is 2.72. The molecule has 6 heteroatoms. The number of phenols is 2. The van der Waals surface area contributed by atoms with E-state index in [1.54, 1.807) is 12.1 Å². The van der Waals surface area contributed by atoms with Crippen molar-refractivity contribution < 1.29 is 23.2 Å². The van der Waals surface area contributed by atoms with E-state index in [-0.39, 0.29) is 16.9 Å². The fourth-order valence-electron chi connectivity index (χ4n) is 1.65. The van der Waals surface area contributed by atoms with Gasteiger partial charge < -0.3 is 10.2 Å². The van der Waals surface area contributed by atoms with Crippen LogP contribution in [0.25, 0.3) is 11.1 Å². The van der Waals surface area contributed by atoms with E-state index < -0.39 is 20.8 Å². The van der Waals surface area contributed by atoms with Crippen LogP contribution >= 0.6 is 0 Å². The Morgan fingerprint density at radius 1 is 0.833 bits per heavy atom. The summed E-state index contributed by atoms with van der Waals surface area (Å²) in [4.78, 5) is -0.594. The van der Waals surface area contributed by atoms with Crippen molar-refractivity contribution in [2.24, 2.45) is 0 Å². The van der Waals surface area contributed by atoms with Crippen LogP contribution in [0, 0.1) is 0 Å². The first-order valence-electron chi connectivity index (χ1n) is 4.99. The molecule has 0 amide bonds. The highest BCUT2D eigenvalue weighted by Crippen LogP contribution is 2.38. The highest BCUT2D eigenvalue weighted by Gasteiger charge is 2.19. The van der Waals surface area contributed by atoms with Crippen LogP contribution in [0.3, 0.4) is 0 Å². The van der Waals surface area contributed by atoms with Crippen LogP contribution in [0.1, 0.15) is 0 Å². The van der Waals surface area contributed by atoms with Crippen LogP contribution in [0.15, 0.2) is 47.4 Å². The quantitative estimate of drug-likeness (QED) is 0.723. The lowest BCUT2D eigenvalue weighted by molar-refractivity contribution is 0.443. The number of aromatic hydroxyl groups is 2. The molecule has 0 saturated heterocycles. The number of rotatable bonds is 2. The maximum atomic E-state index is 11.1. The van der Waals surface area contributed by atoms with Crippen molar-refractivity contribution in [3.63, 3.8) is 0 Å². The summed E-state index contributed by atoms with van der Waals surface area (Å²) in [7, 11) is -4.51. The molecule has 0 unspecified atom stereocenters. The molecule has 5 nitrogen and oxygen atoms in total. The minimum atomic E-state index is -4.51. The predicted octanol–water partition coefficient (Wildman–Crippen LogP) is 2.01. The number of hydrogen-bond acceptors (Lipinski definition) is 4. The van der Waals surface area contributed by atoms with Gasteiger partial charge in [0.15, 0.2) is 0 Å². The molecule has 0 atom stereocenters. The molecule has 0 aliphatic rings. The van der Waals surface area contributed by atoms with Crippen molar-refractivity contribution in [1.29, 1.82) is 0 Å². The molecule has 94 valence electrons. The van der Waals surface area contributed by atoms with Gasteiger partial charge in [-0.25, -0.2) is 0 Å². The first-order chi connectivity index (χ1) is 8.41. The lowest BCUT2D eigenvalue weighted by Gasteiger charge is -2.09. The first kappa shape index (κ1) is 12.4. The molecule has 3 N–H and O–H groups in total. The van der Waals surface area contributed by atoms with E-state index in [4.69, 9.17) is 4.55 Å². The van der Waals surface area contributed by atoms with Gasteiger partial charge >= 0.3 is 0 Å². The normalized spacial score (nSPS) is 11.4. The Hall–Kier alpha value is -2.05. The number of phenolic OH excluding ortho intramolecular Hbond substituents is 2. The summed E-state index contributed by atoms with van der Waals surface area (Å²) < 4.78 is 31.1. The fourth-order valence-corrected chi connectivity index (χ4v) is 2.25. The third-order valence-corrected chi connectivity index (χ3v) is 3.36. The minimum Gasteiger partial charge on any atom is -0.507 e. The molecule has 0 aliphatic carbocycles. The smallest absolute Gasteiger partial charge is 0.298 e. The van der Waals surface area contributed by atoms with Crippen molar-refractivity contribution in [3.05, 3.63) is 42.5 Å². The van der Waals surface area contributed by atoms with Gasteiger partial charge in [0.1, 0.15) is 16.4 Å². The van der Waals surface area contributed by atoms with Gasteiger partial charge in [0, 0.05) is 11.1 Å². The van der Waals surface area contributed by atoms with E-state index in [9.17, 15) is 18.6 Å². The third-order valence-electron chi connectivity index (χ3n) is 2.47. The van der Waals surface area contributed by atoms with Gasteiger partial charge in [-0.05, 0) is 12.1 Å². The van der Waals surface area contributed by atoms with Gasteiger partial charge in [-0.1, -0.05) is 30.3 Å².